The van der Waals surface area contributed by atoms with Crippen molar-refractivity contribution in [3.05, 3.63) is 0 Å². The highest BCUT2D eigenvalue weighted by Crippen LogP contribution is 2.32. The van der Waals surface area contributed by atoms with Crippen molar-refractivity contribution >= 4 is 72.6 Å². The molecule has 0 saturated carbocycles. The van der Waals surface area contributed by atoms with E-state index in [2.05, 4.69) is 36.7 Å². The van der Waals surface area contributed by atoms with Crippen molar-refractivity contribution in [3.8, 4) is 0 Å². The summed E-state index contributed by atoms with van der Waals surface area (Å²) in [4.78, 5) is 32.3. The molecule has 4 amide bonds. The number of amides is 4. The van der Waals surface area contributed by atoms with Crippen LogP contribution in [0.15, 0.2) is 4.36 Å². The Morgan fingerprint density at radius 1 is 1.21 bits per heavy atom. The van der Waals surface area contributed by atoms with Crippen LogP contribution in [-0.2, 0) is 20.3 Å². The Morgan fingerprint density at radius 2 is 1.58 bits per heavy atom. The summed E-state index contributed by atoms with van der Waals surface area (Å²) in [5, 5.41) is 0. The molecule has 1 saturated heterocycles. The van der Waals surface area contributed by atoms with Crippen molar-refractivity contribution < 1.29 is 27.6 Å². The summed E-state index contributed by atoms with van der Waals surface area (Å²) >= 11 is 7.59. The molecule has 1 aliphatic rings. The summed E-state index contributed by atoms with van der Waals surface area (Å²) in [5.74, 6) is -2.28. The van der Waals surface area contributed by atoms with Crippen molar-refractivity contribution in [2.24, 2.45) is 4.36 Å². The van der Waals surface area contributed by atoms with Gasteiger partial charge in [0.25, 0.3) is 5.91 Å². The highest BCUT2D eigenvalue weighted by atomic mass is 79.9. The number of alkyl halides is 3. The van der Waals surface area contributed by atoms with Crippen LogP contribution in [0.1, 0.15) is 13.8 Å². The predicted octanol–water partition coefficient (Wildman–Crippen LogP) is 3.77. The van der Waals surface area contributed by atoms with Crippen LogP contribution in [0.2, 0.25) is 0 Å². The fraction of sp³-hybridized carbons (Fsp3) is 0.727. The Hall–Kier alpha value is -0.140. The second-order valence-electron chi connectivity index (χ2n) is 4.78. The molecule has 142 valence electrons. The lowest BCUT2D eigenvalue weighted by atomic mass is 10.1. The molecule has 0 unspecified atom stereocenters. The molecule has 0 aromatic heterocycles. The van der Waals surface area contributed by atoms with Gasteiger partial charge in [0, 0.05) is 0 Å². The molecule has 0 aromatic carbocycles. The van der Waals surface area contributed by atoms with Crippen LogP contribution in [0.3, 0.4) is 0 Å². The van der Waals surface area contributed by atoms with E-state index in [1.807, 2.05) is 12.5 Å². The van der Waals surface area contributed by atoms with Crippen molar-refractivity contribution in [1.82, 2.24) is 7.85 Å². The summed E-state index contributed by atoms with van der Waals surface area (Å²) in [6.45, 7) is 3.31. The molecule has 0 spiro atoms. The first-order valence-corrected chi connectivity index (χ1v) is 11.0. The number of rotatable bonds is 0. The Kier molecular flexibility index (Phi) is 11.7. The van der Waals surface area contributed by atoms with E-state index in [4.69, 9.17) is 0 Å². The predicted molar refractivity (Wildman–Crippen MR) is 98.2 cm³/mol. The number of carbonyl (C=O) groups excluding carboxylic acids is 3. The molecular formula is C11H18Br2F3N3O3S2. The molecule has 0 N–H and O–H groups in total. The molecule has 13 heteroatoms. The van der Waals surface area contributed by atoms with Gasteiger partial charge in [-0.05, 0) is 38.9 Å². The first-order valence-electron chi connectivity index (χ1n) is 5.95. The minimum Gasteiger partial charge on any atom is -0.271 e. The van der Waals surface area contributed by atoms with Gasteiger partial charge in [-0.3, -0.25) is 9.59 Å². The molecule has 0 bridgehead atoms. The minimum absolute atomic E-state index is 0.278. The molecule has 24 heavy (non-hydrogen) atoms. The fourth-order valence-electron chi connectivity index (χ4n) is 0.945. The van der Waals surface area contributed by atoms with E-state index in [1.54, 1.807) is 25.6 Å². The van der Waals surface area contributed by atoms with Gasteiger partial charge in [-0.1, -0.05) is 10.7 Å². The summed E-state index contributed by atoms with van der Waals surface area (Å²) in [5.41, 5.74) is -0.805. The first-order chi connectivity index (χ1) is 10.6. The molecule has 0 radical (unpaired) electrons. The van der Waals surface area contributed by atoms with Gasteiger partial charge in [-0.15, -0.1) is 0 Å². The standard InChI is InChI=1S/C5H6Br2N2O2.C4H6F3NOS.C2H6S/c1-5(2)3(10)8(6)4(11)9(5)7;1-10(2)8-3(9)4(5,6)7;1-3-2/h1-2H3;1-2H3;1-2H3. The maximum absolute atomic E-state index is 11.4. The highest BCUT2D eigenvalue weighted by molar-refractivity contribution is 9.08. The molecule has 1 aliphatic heterocycles. The third-order valence-corrected chi connectivity index (χ3v) is 4.38. The van der Waals surface area contributed by atoms with Gasteiger partial charge in [0.1, 0.15) is 5.54 Å². The van der Waals surface area contributed by atoms with Crippen LogP contribution in [0.4, 0.5) is 18.0 Å². The Bertz CT molecular complexity index is 512. The minimum atomic E-state index is -4.81. The van der Waals surface area contributed by atoms with Gasteiger partial charge in [0.05, 0.1) is 32.3 Å². The third-order valence-electron chi connectivity index (χ3n) is 2.04. The monoisotopic (exact) mass is 519 g/mol. The van der Waals surface area contributed by atoms with E-state index >= 15 is 0 Å². The van der Waals surface area contributed by atoms with Gasteiger partial charge in [0.2, 0.25) is 0 Å². The lowest BCUT2D eigenvalue weighted by Gasteiger charge is -2.19. The van der Waals surface area contributed by atoms with Gasteiger partial charge >= 0.3 is 18.1 Å². The summed E-state index contributed by atoms with van der Waals surface area (Å²) < 4.78 is 39.0. The number of hydrogen-bond acceptors (Lipinski definition) is 4. The lowest BCUT2D eigenvalue weighted by Crippen LogP contribution is -2.37. The summed E-state index contributed by atoms with van der Waals surface area (Å²) in [7, 11) is -0.837. The lowest BCUT2D eigenvalue weighted by molar-refractivity contribution is -0.169. The number of halogens is 5. The Labute approximate surface area is 162 Å². The zero-order valence-corrected chi connectivity index (χ0v) is 18.6. The first kappa shape index (κ1) is 26.1. The summed E-state index contributed by atoms with van der Waals surface area (Å²) in [6.07, 6.45) is 2.14. The van der Waals surface area contributed by atoms with Gasteiger partial charge in [0.15, 0.2) is 0 Å². The molecule has 0 atom stereocenters. The molecular weight excluding hydrogens is 503 g/mol. The maximum Gasteiger partial charge on any atom is 0.474 e. The maximum atomic E-state index is 11.4. The average molecular weight is 521 g/mol. The molecule has 1 fully saturated rings. The Morgan fingerprint density at radius 3 is 1.67 bits per heavy atom. The zero-order chi connectivity index (χ0) is 19.9. The number of nitrogens with zero attached hydrogens (tertiary/aromatic N) is 3. The second-order valence-corrected chi connectivity index (χ2v) is 8.75. The number of thioether (sulfide) groups is 1. The van der Waals surface area contributed by atoms with E-state index < -0.39 is 34.3 Å². The third kappa shape index (κ3) is 8.30. The Balaban J connectivity index is 0. The van der Waals surface area contributed by atoms with Crippen LogP contribution >= 0.6 is 44.1 Å². The smallest absolute Gasteiger partial charge is 0.271 e. The van der Waals surface area contributed by atoms with Gasteiger partial charge < -0.3 is 0 Å². The average Bonchev–Trinajstić information content (AvgIpc) is 2.54. The number of carbonyl (C=O) groups is 3. The largest absolute Gasteiger partial charge is 0.474 e. The summed E-state index contributed by atoms with van der Waals surface area (Å²) in [6, 6.07) is -0.403. The van der Waals surface area contributed by atoms with Crippen molar-refractivity contribution in [2.45, 2.75) is 25.6 Å². The molecule has 1 rings (SSSR count). The van der Waals surface area contributed by atoms with Crippen molar-refractivity contribution in [2.75, 3.05) is 25.0 Å². The number of urea groups is 1. The van der Waals surface area contributed by atoms with Crippen LogP contribution in [-0.4, -0.2) is 62.4 Å². The fourth-order valence-corrected chi connectivity index (χ4v) is 2.50. The normalized spacial score (nSPS) is 16.3. The number of hydrogen-bond donors (Lipinski definition) is 0. The van der Waals surface area contributed by atoms with Gasteiger partial charge in [-0.25, -0.2) is 8.72 Å². The van der Waals surface area contributed by atoms with Crippen LogP contribution in [0.25, 0.3) is 0 Å². The highest BCUT2D eigenvalue weighted by Gasteiger charge is 2.50. The van der Waals surface area contributed by atoms with E-state index in [0.29, 0.717) is 0 Å². The zero-order valence-electron chi connectivity index (χ0n) is 13.8. The van der Waals surface area contributed by atoms with Crippen LogP contribution < -0.4 is 0 Å². The SMILES string of the molecule is CC1(C)C(=O)N(Br)C(=O)N1Br.CS(C)=NC(=O)C(F)(F)F.CSC. The van der Waals surface area contributed by atoms with Gasteiger partial charge in [-0.2, -0.15) is 33.2 Å². The molecule has 6 nitrogen and oxygen atoms in total. The molecule has 1 heterocycles. The van der Waals surface area contributed by atoms with E-state index in [-0.39, 0.29) is 5.91 Å². The van der Waals surface area contributed by atoms with E-state index in [9.17, 15) is 27.6 Å². The molecule has 0 aromatic rings. The van der Waals surface area contributed by atoms with Crippen molar-refractivity contribution in [3.63, 3.8) is 0 Å². The van der Waals surface area contributed by atoms with Crippen molar-refractivity contribution in [1.29, 1.82) is 0 Å². The van der Waals surface area contributed by atoms with Crippen LogP contribution in [0.5, 0.6) is 0 Å². The molecule has 0 aliphatic carbocycles. The van der Waals surface area contributed by atoms with Crippen LogP contribution in [0, 0.1) is 0 Å². The second kappa shape index (κ2) is 10.8. The topological polar surface area (TPSA) is 70.1 Å². The van der Waals surface area contributed by atoms with E-state index in [1.165, 1.54) is 16.4 Å². The number of imide groups is 1. The van der Waals surface area contributed by atoms with E-state index in [0.717, 1.165) is 3.93 Å². The quantitative estimate of drug-likeness (QED) is 0.360.